The van der Waals surface area contributed by atoms with Crippen molar-refractivity contribution in [2.24, 2.45) is 0 Å². The number of rotatable bonds is 6. The number of benzene rings is 1. The number of likely N-dealkylation sites (tertiary alicyclic amines) is 1. The van der Waals surface area contributed by atoms with Crippen molar-refractivity contribution in [3.05, 3.63) is 30.1 Å². The van der Waals surface area contributed by atoms with Crippen LogP contribution in [-0.2, 0) is 14.8 Å². The molecule has 2 atom stereocenters. The van der Waals surface area contributed by atoms with Gasteiger partial charge in [-0.2, -0.15) is 0 Å². The number of hydrogen-bond acceptors (Lipinski definition) is 5. The highest BCUT2D eigenvalue weighted by atomic mass is 32.2. The summed E-state index contributed by atoms with van der Waals surface area (Å²) >= 11 is 0. The van der Waals surface area contributed by atoms with E-state index >= 15 is 0 Å². The average molecular weight is 399 g/mol. The van der Waals surface area contributed by atoms with Gasteiger partial charge in [0.05, 0.1) is 4.90 Å². The quantitative estimate of drug-likeness (QED) is 0.668. The van der Waals surface area contributed by atoms with Gasteiger partial charge < -0.3 is 4.90 Å². The Balaban J connectivity index is 1.50. The number of amides is 1. The fourth-order valence-corrected chi connectivity index (χ4v) is 4.97. The summed E-state index contributed by atoms with van der Waals surface area (Å²) in [6.07, 6.45) is 4.00. The van der Waals surface area contributed by atoms with E-state index in [4.69, 9.17) is 0 Å². The third-order valence-corrected chi connectivity index (χ3v) is 6.71. The zero-order chi connectivity index (χ0) is 19.4. The predicted molar refractivity (Wildman–Crippen MR) is 99.7 cm³/mol. The predicted octanol–water partition coefficient (Wildman–Crippen LogP) is 1.13. The third-order valence-electron chi connectivity index (χ3n) is 5.17. The van der Waals surface area contributed by atoms with Gasteiger partial charge >= 0.3 is 0 Å². The number of hydrazine groups is 1. The summed E-state index contributed by atoms with van der Waals surface area (Å²) < 4.78 is 40.5. The molecule has 0 aromatic heterocycles. The first-order valence-corrected chi connectivity index (χ1v) is 10.9. The van der Waals surface area contributed by atoms with Gasteiger partial charge in [-0.1, -0.05) is 13.3 Å². The fourth-order valence-electron chi connectivity index (χ4n) is 3.66. The van der Waals surface area contributed by atoms with Crippen LogP contribution >= 0.6 is 0 Å². The maximum absolute atomic E-state index is 13.0. The Morgan fingerprint density at radius 2 is 1.89 bits per heavy atom. The van der Waals surface area contributed by atoms with Crippen molar-refractivity contribution in [3.8, 4) is 0 Å². The minimum atomic E-state index is -3.69. The van der Waals surface area contributed by atoms with Gasteiger partial charge in [0.25, 0.3) is 0 Å². The molecule has 9 heteroatoms. The van der Waals surface area contributed by atoms with Gasteiger partial charge in [-0.15, -0.1) is 0 Å². The number of hydrogen-bond donors (Lipinski definition) is 3. The Labute approximate surface area is 159 Å². The molecule has 150 valence electrons. The Morgan fingerprint density at radius 3 is 2.52 bits per heavy atom. The number of carbonyl (C=O) groups excluding carboxylic acids is 1. The highest BCUT2D eigenvalue weighted by Gasteiger charge is 2.34. The van der Waals surface area contributed by atoms with Crippen molar-refractivity contribution in [1.29, 1.82) is 0 Å². The van der Waals surface area contributed by atoms with Crippen LogP contribution in [0.2, 0.25) is 0 Å². The number of piperidine rings is 1. The maximum Gasteiger partial charge on any atom is 0.241 e. The summed E-state index contributed by atoms with van der Waals surface area (Å²) in [5.41, 5.74) is 6.25. The summed E-state index contributed by atoms with van der Waals surface area (Å²) in [5.74, 6) is -0.405. The SMILES string of the molecule is CCCC1CC(C(=O)N2CCC(NS(=O)(=O)c3ccc(F)cc3)CC2)NN1. The summed E-state index contributed by atoms with van der Waals surface area (Å²) in [5, 5.41) is 0. The lowest BCUT2D eigenvalue weighted by molar-refractivity contribution is -0.134. The molecular weight excluding hydrogens is 371 g/mol. The number of halogens is 1. The maximum atomic E-state index is 13.0. The highest BCUT2D eigenvalue weighted by molar-refractivity contribution is 7.89. The van der Waals surface area contributed by atoms with E-state index in [0.29, 0.717) is 32.0 Å². The van der Waals surface area contributed by atoms with Gasteiger partial charge in [-0.25, -0.2) is 23.0 Å². The van der Waals surface area contributed by atoms with Crippen LogP contribution in [0.25, 0.3) is 0 Å². The van der Waals surface area contributed by atoms with Crippen LogP contribution in [0.1, 0.15) is 39.0 Å². The number of sulfonamides is 1. The van der Waals surface area contributed by atoms with E-state index in [1.54, 1.807) is 4.90 Å². The van der Waals surface area contributed by atoms with Gasteiger partial charge in [0.1, 0.15) is 11.9 Å². The molecule has 0 radical (unpaired) electrons. The van der Waals surface area contributed by atoms with E-state index in [9.17, 15) is 17.6 Å². The lowest BCUT2D eigenvalue weighted by Gasteiger charge is -2.33. The number of nitrogens with zero attached hydrogens (tertiary/aromatic N) is 1. The van der Waals surface area contributed by atoms with Crippen molar-refractivity contribution < 1.29 is 17.6 Å². The molecule has 0 saturated carbocycles. The molecule has 7 nitrogen and oxygen atoms in total. The minimum absolute atomic E-state index is 0.0469. The van der Waals surface area contributed by atoms with Crippen molar-refractivity contribution in [2.75, 3.05) is 13.1 Å². The first-order valence-electron chi connectivity index (χ1n) is 9.47. The van der Waals surface area contributed by atoms with E-state index in [1.165, 1.54) is 12.1 Å². The molecule has 3 rings (SSSR count). The monoisotopic (exact) mass is 398 g/mol. The molecule has 1 aromatic carbocycles. The van der Waals surface area contributed by atoms with Gasteiger partial charge in [0.15, 0.2) is 0 Å². The Kier molecular flexibility index (Phi) is 6.46. The zero-order valence-electron chi connectivity index (χ0n) is 15.4. The molecule has 2 aliphatic heterocycles. The Morgan fingerprint density at radius 1 is 1.22 bits per heavy atom. The molecule has 27 heavy (non-hydrogen) atoms. The zero-order valence-corrected chi connectivity index (χ0v) is 16.3. The molecule has 0 spiro atoms. The van der Waals surface area contributed by atoms with Crippen molar-refractivity contribution in [3.63, 3.8) is 0 Å². The van der Waals surface area contributed by atoms with Crippen molar-refractivity contribution in [1.82, 2.24) is 20.5 Å². The van der Waals surface area contributed by atoms with E-state index in [2.05, 4.69) is 22.5 Å². The van der Waals surface area contributed by atoms with Crippen molar-refractivity contribution >= 4 is 15.9 Å². The van der Waals surface area contributed by atoms with E-state index < -0.39 is 15.8 Å². The third kappa shape index (κ3) is 5.04. The van der Waals surface area contributed by atoms with Crippen LogP contribution in [0.5, 0.6) is 0 Å². The highest BCUT2D eigenvalue weighted by Crippen LogP contribution is 2.18. The van der Waals surface area contributed by atoms with E-state index in [1.807, 2.05) is 0 Å². The largest absolute Gasteiger partial charge is 0.341 e. The minimum Gasteiger partial charge on any atom is -0.341 e. The smallest absolute Gasteiger partial charge is 0.241 e. The first-order chi connectivity index (χ1) is 12.9. The fraction of sp³-hybridized carbons (Fsp3) is 0.611. The van der Waals surface area contributed by atoms with E-state index in [0.717, 1.165) is 31.4 Å². The lowest BCUT2D eigenvalue weighted by atomic mass is 10.0. The molecule has 2 unspecified atom stereocenters. The summed E-state index contributed by atoms with van der Waals surface area (Å²) in [6, 6.07) is 4.64. The second-order valence-corrected chi connectivity index (χ2v) is 8.95. The second kappa shape index (κ2) is 8.64. The molecule has 2 aliphatic rings. The first kappa shape index (κ1) is 20.2. The topological polar surface area (TPSA) is 90.5 Å². The van der Waals surface area contributed by atoms with Crippen LogP contribution < -0.4 is 15.6 Å². The van der Waals surface area contributed by atoms with Gasteiger partial charge in [-0.3, -0.25) is 10.2 Å². The van der Waals surface area contributed by atoms with Gasteiger partial charge in [0.2, 0.25) is 15.9 Å². The van der Waals surface area contributed by atoms with E-state index in [-0.39, 0.29) is 22.9 Å². The Hall–Kier alpha value is -1.55. The van der Waals surface area contributed by atoms with Gasteiger partial charge in [0, 0.05) is 25.2 Å². The normalized spacial score (nSPS) is 24.3. The molecule has 0 aliphatic carbocycles. The van der Waals surface area contributed by atoms with Crippen LogP contribution in [0.3, 0.4) is 0 Å². The van der Waals surface area contributed by atoms with Crippen LogP contribution in [-0.4, -0.2) is 50.4 Å². The molecule has 1 amide bonds. The summed E-state index contributed by atoms with van der Waals surface area (Å²) in [7, 11) is -3.69. The van der Waals surface area contributed by atoms with Crippen molar-refractivity contribution in [2.45, 2.75) is 62.0 Å². The van der Waals surface area contributed by atoms with Crippen LogP contribution in [0, 0.1) is 5.82 Å². The Bertz CT molecular complexity index is 748. The molecule has 3 N–H and O–H groups in total. The lowest BCUT2D eigenvalue weighted by Crippen LogP contribution is -2.51. The molecule has 2 heterocycles. The molecule has 0 bridgehead atoms. The standard InChI is InChI=1S/C18H27FN4O3S/c1-2-3-15-12-17(21-20-15)18(24)23-10-8-14(9-11-23)22-27(25,26)16-6-4-13(19)5-7-16/h4-7,14-15,17,20-22H,2-3,8-12H2,1H3. The van der Waals surface area contributed by atoms with Crippen LogP contribution in [0.4, 0.5) is 4.39 Å². The van der Waals surface area contributed by atoms with Crippen LogP contribution in [0.15, 0.2) is 29.2 Å². The molecule has 2 fully saturated rings. The second-order valence-electron chi connectivity index (χ2n) is 7.24. The molecule has 2 saturated heterocycles. The summed E-state index contributed by atoms with van der Waals surface area (Å²) in [4.78, 5) is 14.5. The summed E-state index contributed by atoms with van der Waals surface area (Å²) in [6.45, 7) is 3.16. The molecule has 1 aromatic rings. The molecular formula is C18H27FN4O3S. The average Bonchev–Trinajstić information content (AvgIpc) is 3.11. The number of nitrogens with one attached hydrogen (secondary N) is 3. The number of carbonyl (C=O) groups is 1. The van der Waals surface area contributed by atoms with Gasteiger partial charge in [-0.05, 0) is 49.9 Å².